The highest BCUT2D eigenvalue weighted by Crippen LogP contribution is 2.55. The Bertz CT molecular complexity index is 412. The maximum absolute atomic E-state index is 12.3. The second kappa shape index (κ2) is 6.63. The molecule has 4 atom stereocenters. The number of hydrogen-bond acceptors (Lipinski definition) is 4. The van der Waals surface area contributed by atoms with E-state index in [4.69, 9.17) is 9.47 Å². The first-order valence-corrected chi connectivity index (χ1v) is 8.11. The summed E-state index contributed by atoms with van der Waals surface area (Å²) in [5.74, 6) is 0.513. The predicted octanol–water partition coefficient (Wildman–Crippen LogP) is 3.11. The molecule has 2 bridgehead atoms. The summed E-state index contributed by atoms with van der Waals surface area (Å²) >= 11 is 0. The lowest BCUT2D eigenvalue weighted by atomic mass is 9.77. The minimum Gasteiger partial charge on any atom is -0.462 e. The van der Waals surface area contributed by atoms with Gasteiger partial charge in [-0.25, -0.2) is 9.59 Å². The van der Waals surface area contributed by atoms with Crippen molar-refractivity contribution in [2.24, 2.45) is 23.7 Å². The molecule has 21 heavy (non-hydrogen) atoms. The van der Waals surface area contributed by atoms with Crippen molar-refractivity contribution in [3.63, 3.8) is 0 Å². The Morgan fingerprint density at radius 2 is 1.29 bits per heavy atom. The van der Waals surface area contributed by atoms with Gasteiger partial charge in [-0.15, -0.1) is 0 Å². The summed E-state index contributed by atoms with van der Waals surface area (Å²) in [4.78, 5) is 24.7. The Labute approximate surface area is 126 Å². The summed E-state index contributed by atoms with van der Waals surface area (Å²) in [5.41, 5.74) is 1.19. The van der Waals surface area contributed by atoms with Gasteiger partial charge in [0.05, 0.1) is 24.4 Å². The zero-order valence-electron chi connectivity index (χ0n) is 13.5. The molecule has 4 nitrogen and oxygen atoms in total. The van der Waals surface area contributed by atoms with Crippen molar-refractivity contribution < 1.29 is 19.1 Å². The number of carbonyl (C=O) groups is 2. The molecule has 4 heteroatoms. The fraction of sp³-hybridized carbons (Fsp3) is 0.765. The molecule has 1 saturated carbocycles. The summed E-state index contributed by atoms with van der Waals surface area (Å²) in [6.45, 7) is 9.06. The van der Waals surface area contributed by atoms with Crippen molar-refractivity contribution >= 4 is 11.9 Å². The lowest BCUT2D eigenvalue weighted by molar-refractivity contribution is -0.143. The number of hydrogen-bond donors (Lipinski definition) is 0. The molecule has 0 aromatic heterocycles. The van der Waals surface area contributed by atoms with Gasteiger partial charge in [-0.05, 0) is 42.9 Å². The highest BCUT2D eigenvalue weighted by atomic mass is 16.5. The quantitative estimate of drug-likeness (QED) is 0.706. The minimum absolute atomic E-state index is 0.151. The molecule has 0 N–H and O–H groups in total. The van der Waals surface area contributed by atoms with Crippen LogP contribution in [0.2, 0.25) is 0 Å². The second-order valence-corrected chi connectivity index (χ2v) is 6.27. The molecule has 118 valence electrons. The second-order valence-electron chi connectivity index (χ2n) is 6.27. The van der Waals surface area contributed by atoms with Crippen LogP contribution in [-0.2, 0) is 19.1 Å². The summed E-state index contributed by atoms with van der Waals surface area (Å²) in [6.07, 6.45) is 2.46. The average molecular weight is 294 g/mol. The Morgan fingerprint density at radius 3 is 1.62 bits per heavy atom. The van der Waals surface area contributed by atoms with E-state index >= 15 is 0 Å². The third-order valence-electron chi connectivity index (χ3n) is 4.95. The van der Waals surface area contributed by atoms with Crippen LogP contribution in [-0.4, -0.2) is 25.2 Å². The molecular formula is C17H26O4. The van der Waals surface area contributed by atoms with Crippen LogP contribution in [0.1, 0.15) is 47.0 Å². The zero-order valence-corrected chi connectivity index (χ0v) is 13.5. The highest BCUT2D eigenvalue weighted by Gasteiger charge is 2.53. The van der Waals surface area contributed by atoms with Crippen LogP contribution in [0.15, 0.2) is 11.1 Å². The Balaban J connectivity index is 2.28. The molecule has 0 aliphatic heterocycles. The SMILES string of the molecule is CCCOC(=O)C1=C(C(=O)OCCC)C2CC1C(C)C2C. The Hall–Kier alpha value is -1.32. The molecule has 0 radical (unpaired) electrons. The van der Waals surface area contributed by atoms with E-state index in [1.165, 1.54) is 0 Å². The van der Waals surface area contributed by atoms with Gasteiger partial charge in [-0.2, -0.15) is 0 Å². The largest absolute Gasteiger partial charge is 0.462 e. The van der Waals surface area contributed by atoms with E-state index in [9.17, 15) is 9.59 Å². The smallest absolute Gasteiger partial charge is 0.334 e. The fourth-order valence-electron chi connectivity index (χ4n) is 3.66. The number of rotatable bonds is 6. The van der Waals surface area contributed by atoms with Crippen molar-refractivity contribution in [3.05, 3.63) is 11.1 Å². The average Bonchev–Trinajstić information content (AvgIpc) is 3.00. The van der Waals surface area contributed by atoms with E-state index in [1.807, 2.05) is 13.8 Å². The number of esters is 2. The molecule has 0 aromatic rings. The van der Waals surface area contributed by atoms with Crippen molar-refractivity contribution in [1.29, 1.82) is 0 Å². The standard InChI is InChI=1S/C17H26O4/c1-5-7-20-16(18)14-12-9-13(11(4)10(12)3)15(14)17(19)21-8-6-2/h10-13H,5-9H2,1-4H3. The van der Waals surface area contributed by atoms with Crippen LogP contribution in [0.25, 0.3) is 0 Å². The first-order chi connectivity index (χ1) is 10.0. The van der Waals surface area contributed by atoms with Gasteiger partial charge in [0.15, 0.2) is 0 Å². The molecule has 1 fully saturated rings. The highest BCUT2D eigenvalue weighted by molar-refractivity contribution is 6.02. The van der Waals surface area contributed by atoms with Crippen LogP contribution in [0, 0.1) is 23.7 Å². The number of carbonyl (C=O) groups excluding carboxylic acids is 2. The van der Waals surface area contributed by atoms with Crippen LogP contribution in [0.3, 0.4) is 0 Å². The van der Waals surface area contributed by atoms with Crippen molar-refractivity contribution in [3.8, 4) is 0 Å². The summed E-state index contributed by atoms with van der Waals surface area (Å²) in [7, 11) is 0. The molecule has 0 aromatic carbocycles. The van der Waals surface area contributed by atoms with Crippen molar-refractivity contribution in [2.75, 3.05) is 13.2 Å². The van der Waals surface area contributed by atoms with Gasteiger partial charge >= 0.3 is 11.9 Å². The molecule has 0 heterocycles. The molecule has 4 unspecified atom stereocenters. The lowest BCUT2D eigenvalue weighted by Crippen LogP contribution is -2.29. The maximum atomic E-state index is 12.3. The molecule has 2 aliphatic rings. The number of fused-ring (bicyclic) bond motifs is 2. The van der Waals surface area contributed by atoms with Gasteiger partial charge in [-0.1, -0.05) is 27.7 Å². The Kier molecular flexibility index (Phi) is 5.07. The van der Waals surface area contributed by atoms with Crippen molar-refractivity contribution in [2.45, 2.75) is 47.0 Å². The van der Waals surface area contributed by atoms with Crippen LogP contribution >= 0.6 is 0 Å². The monoisotopic (exact) mass is 294 g/mol. The summed E-state index contributed by atoms with van der Waals surface area (Å²) in [5, 5.41) is 0. The van der Waals surface area contributed by atoms with Gasteiger partial charge in [-0.3, -0.25) is 0 Å². The van der Waals surface area contributed by atoms with Crippen LogP contribution in [0.5, 0.6) is 0 Å². The summed E-state index contributed by atoms with van der Waals surface area (Å²) in [6, 6.07) is 0. The first kappa shape index (κ1) is 16.1. The molecule has 2 rings (SSSR count). The first-order valence-electron chi connectivity index (χ1n) is 8.11. The molecule has 0 saturated heterocycles. The lowest BCUT2D eigenvalue weighted by Gasteiger charge is -2.28. The van der Waals surface area contributed by atoms with Gasteiger partial charge in [0.1, 0.15) is 0 Å². The van der Waals surface area contributed by atoms with Gasteiger partial charge < -0.3 is 9.47 Å². The van der Waals surface area contributed by atoms with E-state index in [2.05, 4.69) is 13.8 Å². The predicted molar refractivity (Wildman–Crippen MR) is 79.5 cm³/mol. The zero-order chi connectivity index (χ0) is 15.6. The summed E-state index contributed by atoms with van der Waals surface area (Å²) < 4.78 is 10.6. The Morgan fingerprint density at radius 1 is 0.905 bits per heavy atom. The van der Waals surface area contributed by atoms with Crippen LogP contribution < -0.4 is 0 Å². The third kappa shape index (κ3) is 2.85. The third-order valence-corrected chi connectivity index (χ3v) is 4.95. The van der Waals surface area contributed by atoms with E-state index in [0.29, 0.717) is 36.2 Å². The minimum atomic E-state index is -0.313. The van der Waals surface area contributed by atoms with Gasteiger partial charge in [0, 0.05) is 0 Å². The van der Waals surface area contributed by atoms with E-state index in [1.54, 1.807) is 0 Å². The molecule has 2 aliphatic carbocycles. The molecule has 0 amide bonds. The maximum Gasteiger partial charge on any atom is 0.334 e. The molecule has 0 spiro atoms. The number of ether oxygens (including phenoxy) is 2. The van der Waals surface area contributed by atoms with E-state index in [-0.39, 0.29) is 23.8 Å². The topological polar surface area (TPSA) is 52.6 Å². The van der Waals surface area contributed by atoms with Crippen molar-refractivity contribution in [1.82, 2.24) is 0 Å². The molecular weight excluding hydrogens is 268 g/mol. The van der Waals surface area contributed by atoms with Gasteiger partial charge in [0.2, 0.25) is 0 Å². The van der Waals surface area contributed by atoms with E-state index < -0.39 is 0 Å². The van der Waals surface area contributed by atoms with E-state index in [0.717, 1.165) is 19.3 Å². The normalized spacial score (nSPS) is 30.7. The fourth-order valence-corrected chi connectivity index (χ4v) is 3.66. The van der Waals surface area contributed by atoms with Gasteiger partial charge in [0.25, 0.3) is 0 Å². The van der Waals surface area contributed by atoms with Crippen LogP contribution in [0.4, 0.5) is 0 Å².